The molecule has 1 aromatic rings. The van der Waals surface area contributed by atoms with Gasteiger partial charge in [-0.3, -0.25) is 9.88 Å². The molecule has 0 spiro atoms. The Kier molecular flexibility index (Phi) is 7.45. The third-order valence-electron chi connectivity index (χ3n) is 3.59. The summed E-state index contributed by atoms with van der Waals surface area (Å²) in [7, 11) is 0. The van der Waals surface area contributed by atoms with Crippen molar-refractivity contribution in [3.63, 3.8) is 0 Å². The summed E-state index contributed by atoms with van der Waals surface area (Å²) in [5.74, 6) is 0. The van der Waals surface area contributed by atoms with Crippen LogP contribution >= 0.6 is 0 Å². The Morgan fingerprint density at radius 3 is 2.26 bits per heavy atom. The Bertz CT molecular complexity index is 350. The number of anilines is 1. The molecule has 0 aliphatic carbocycles. The zero-order valence-corrected chi connectivity index (χ0v) is 12.6. The van der Waals surface area contributed by atoms with E-state index in [1.54, 1.807) is 0 Å². The van der Waals surface area contributed by atoms with Crippen molar-refractivity contribution >= 4 is 5.69 Å². The fraction of sp³-hybridized carbons (Fsp3) is 0.667. The first-order chi connectivity index (χ1) is 9.21. The minimum Gasteiger partial charge on any atom is -0.397 e. The van der Waals surface area contributed by atoms with E-state index in [-0.39, 0.29) is 0 Å². The third-order valence-corrected chi connectivity index (χ3v) is 3.59. The van der Waals surface area contributed by atoms with Crippen molar-refractivity contribution in [3.05, 3.63) is 24.0 Å². The monoisotopic (exact) mass is 264 g/mol. The first kappa shape index (κ1) is 15.9. The van der Waals surface area contributed by atoms with E-state index in [0.29, 0.717) is 0 Å². The summed E-state index contributed by atoms with van der Waals surface area (Å²) in [6, 6.07) is 3.81. The van der Waals surface area contributed by atoms with Crippen LogP contribution in [0.25, 0.3) is 0 Å². The van der Waals surface area contributed by atoms with Gasteiger partial charge in [-0.25, -0.2) is 0 Å². The van der Waals surface area contributed by atoms with E-state index in [0.717, 1.165) is 44.1 Å². The molecular weight excluding hydrogens is 236 g/mol. The number of pyridine rings is 1. The molecule has 0 amide bonds. The molecule has 2 N–H and O–H groups in total. The second-order valence-corrected chi connectivity index (χ2v) is 4.79. The summed E-state index contributed by atoms with van der Waals surface area (Å²) in [6.07, 6.45) is 3.01. The first-order valence-electron chi connectivity index (χ1n) is 7.35. The molecule has 0 saturated heterocycles. The summed E-state index contributed by atoms with van der Waals surface area (Å²) in [5.41, 5.74) is 7.73. The van der Waals surface area contributed by atoms with Gasteiger partial charge in [-0.05, 0) is 51.3 Å². The average Bonchev–Trinajstić information content (AvgIpc) is 2.44. The molecule has 1 heterocycles. The highest BCUT2D eigenvalue weighted by Crippen LogP contribution is 2.10. The number of aromatic nitrogens is 1. The normalized spacial score (nSPS) is 11.4. The zero-order chi connectivity index (χ0) is 14.1. The molecule has 108 valence electrons. The fourth-order valence-electron chi connectivity index (χ4n) is 2.20. The maximum absolute atomic E-state index is 5.95. The lowest BCUT2D eigenvalue weighted by atomic mass is 10.2. The van der Waals surface area contributed by atoms with E-state index < -0.39 is 0 Å². The van der Waals surface area contributed by atoms with E-state index in [9.17, 15) is 0 Å². The number of nitrogens with two attached hydrogens (primary N) is 1. The van der Waals surface area contributed by atoms with Crippen LogP contribution in [0.3, 0.4) is 0 Å². The highest BCUT2D eigenvalue weighted by atomic mass is 15.1. The lowest BCUT2D eigenvalue weighted by Gasteiger charge is -2.23. The van der Waals surface area contributed by atoms with Gasteiger partial charge in [0.1, 0.15) is 0 Å². The Labute approximate surface area is 117 Å². The molecule has 1 rings (SSSR count). The third kappa shape index (κ3) is 5.57. The summed E-state index contributed by atoms with van der Waals surface area (Å²) in [6.45, 7) is 13.0. The summed E-state index contributed by atoms with van der Waals surface area (Å²) in [4.78, 5) is 9.23. The van der Waals surface area contributed by atoms with Crippen LogP contribution in [0.4, 0.5) is 5.69 Å². The van der Waals surface area contributed by atoms with Crippen LogP contribution < -0.4 is 5.73 Å². The largest absolute Gasteiger partial charge is 0.397 e. The summed E-state index contributed by atoms with van der Waals surface area (Å²) >= 11 is 0. The molecule has 0 atom stereocenters. The van der Waals surface area contributed by atoms with Crippen molar-refractivity contribution in [2.24, 2.45) is 0 Å². The highest BCUT2D eigenvalue weighted by Gasteiger charge is 2.08. The summed E-state index contributed by atoms with van der Waals surface area (Å²) in [5, 5.41) is 0. The van der Waals surface area contributed by atoms with E-state index in [1.807, 2.05) is 18.3 Å². The Morgan fingerprint density at radius 1 is 1.05 bits per heavy atom. The smallest absolute Gasteiger partial charge is 0.0772 e. The van der Waals surface area contributed by atoms with Gasteiger partial charge in [0.25, 0.3) is 0 Å². The van der Waals surface area contributed by atoms with Gasteiger partial charge in [-0.1, -0.05) is 20.8 Å². The molecule has 0 aliphatic rings. The molecule has 4 nitrogen and oxygen atoms in total. The minimum atomic E-state index is 0.796. The lowest BCUT2D eigenvalue weighted by molar-refractivity contribution is 0.237. The van der Waals surface area contributed by atoms with Crippen molar-refractivity contribution in [2.45, 2.75) is 33.7 Å². The van der Waals surface area contributed by atoms with Crippen molar-refractivity contribution < 1.29 is 0 Å². The predicted molar refractivity (Wildman–Crippen MR) is 82.0 cm³/mol. The highest BCUT2D eigenvalue weighted by molar-refractivity contribution is 5.41. The van der Waals surface area contributed by atoms with E-state index in [1.165, 1.54) is 13.0 Å². The molecular formula is C15H28N4. The number of hydrogen-bond donors (Lipinski definition) is 1. The van der Waals surface area contributed by atoms with E-state index in [4.69, 9.17) is 5.73 Å². The number of hydrogen-bond acceptors (Lipinski definition) is 4. The molecule has 0 saturated carbocycles. The molecule has 0 bridgehead atoms. The molecule has 0 aromatic carbocycles. The Hall–Kier alpha value is -1.13. The maximum Gasteiger partial charge on any atom is 0.0772 e. The van der Waals surface area contributed by atoms with Gasteiger partial charge in [-0.15, -0.1) is 0 Å². The predicted octanol–water partition coefficient (Wildman–Crippen LogP) is 2.22. The van der Waals surface area contributed by atoms with Gasteiger partial charge in [0.15, 0.2) is 0 Å². The van der Waals surface area contributed by atoms with Gasteiger partial charge in [0.05, 0.1) is 11.4 Å². The number of rotatable bonds is 9. The lowest BCUT2D eigenvalue weighted by Crippen LogP contribution is -2.30. The second kappa shape index (κ2) is 8.88. The van der Waals surface area contributed by atoms with Crippen LogP contribution in [-0.4, -0.2) is 47.5 Å². The molecule has 1 aromatic heterocycles. The maximum atomic E-state index is 5.95. The average molecular weight is 264 g/mol. The van der Waals surface area contributed by atoms with Gasteiger partial charge in [-0.2, -0.15) is 0 Å². The van der Waals surface area contributed by atoms with Crippen LogP contribution in [0.5, 0.6) is 0 Å². The van der Waals surface area contributed by atoms with E-state index >= 15 is 0 Å². The van der Waals surface area contributed by atoms with Crippen LogP contribution in [0.1, 0.15) is 32.9 Å². The molecule has 0 fully saturated rings. The van der Waals surface area contributed by atoms with Crippen LogP contribution in [0, 0.1) is 0 Å². The standard InChI is InChI=1S/C15H28N4/c1-4-18(5-2)11-8-12-19(6-3)13-15-14(16)9-7-10-17-15/h7,9-10H,4-6,8,11-13,16H2,1-3H3. The number of nitrogens with zero attached hydrogens (tertiary/aromatic N) is 3. The van der Waals surface area contributed by atoms with Crippen molar-refractivity contribution in [1.82, 2.24) is 14.8 Å². The Balaban J connectivity index is 2.40. The van der Waals surface area contributed by atoms with Gasteiger partial charge in [0.2, 0.25) is 0 Å². The molecule has 0 radical (unpaired) electrons. The quantitative estimate of drug-likeness (QED) is 0.743. The van der Waals surface area contributed by atoms with Crippen LogP contribution in [-0.2, 0) is 6.54 Å². The molecule has 0 unspecified atom stereocenters. The molecule has 4 heteroatoms. The van der Waals surface area contributed by atoms with Crippen LogP contribution in [0.15, 0.2) is 18.3 Å². The van der Waals surface area contributed by atoms with Gasteiger partial charge in [0, 0.05) is 12.7 Å². The summed E-state index contributed by atoms with van der Waals surface area (Å²) < 4.78 is 0. The molecule has 0 aliphatic heterocycles. The first-order valence-corrected chi connectivity index (χ1v) is 7.35. The van der Waals surface area contributed by atoms with Crippen molar-refractivity contribution in [1.29, 1.82) is 0 Å². The van der Waals surface area contributed by atoms with Crippen molar-refractivity contribution in [2.75, 3.05) is 38.5 Å². The number of nitrogen functional groups attached to an aromatic ring is 1. The zero-order valence-electron chi connectivity index (χ0n) is 12.6. The topological polar surface area (TPSA) is 45.4 Å². The van der Waals surface area contributed by atoms with Gasteiger partial charge >= 0.3 is 0 Å². The Morgan fingerprint density at radius 2 is 1.68 bits per heavy atom. The molecule has 19 heavy (non-hydrogen) atoms. The van der Waals surface area contributed by atoms with Crippen molar-refractivity contribution in [3.8, 4) is 0 Å². The van der Waals surface area contributed by atoms with Crippen LogP contribution in [0.2, 0.25) is 0 Å². The van der Waals surface area contributed by atoms with Gasteiger partial charge < -0.3 is 10.6 Å². The van der Waals surface area contributed by atoms with E-state index in [2.05, 4.69) is 35.6 Å². The minimum absolute atomic E-state index is 0.796. The fourth-order valence-corrected chi connectivity index (χ4v) is 2.20. The SMILES string of the molecule is CCN(CC)CCCN(CC)Cc1ncccc1N. The second-order valence-electron chi connectivity index (χ2n) is 4.79.